The molecule has 1 fully saturated rings. The van der Waals surface area contributed by atoms with Gasteiger partial charge in [-0.3, -0.25) is 9.59 Å². The summed E-state index contributed by atoms with van der Waals surface area (Å²) in [5, 5.41) is 0. The molecule has 1 aliphatic rings. The minimum atomic E-state index is -0.0596. The van der Waals surface area contributed by atoms with Gasteiger partial charge in [-0.1, -0.05) is 38.3 Å². The van der Waals surface area contributed by atoms with Gasteiger partial charge in [0.2, 0.25) is 5.91 Å². The molecule has 1 atom stereocenters. The third-order valence-electron chi connectivity index (χ3n) is 4.90. The zero-order chi connectivity index (χ0) is 16.8. The number of Topliss-reactive ketones (excluding diaryl/α,β-unsaturated/α-hetero) is 1. The summed E-state index contributed by atoms with van der Waals surface area (Å²) in [6, 6.07) is 7.06. The fourth-order valence-electron chi connectivity index (χ4n) is 3.36. The lowest BCUT2D eigenvalue weighted by molar-refractivity contribution is -0.135. The van der Waals surface area contributed by atoms with Crippen molar-refractivity contribution in [1.29, 1.82) is 0 Å². The van der Waals surface area contributed by atoms with Gasteiger partial charge >= 0.3 is 0 Å². The Balaban J connectivity index is 1.95. The second kappa shape index (κ2) is 8.14. The van der Waals surface area contributed by atoms with Gasteiger partial charge in [0.1, 0.15) is 5.75 Å². The molecule has 4 heteroatoms. The van der Waals surface area contributed by atoms with Crippen molar-refractivity contribution in [1.82, 2.24) is 4.90 Å². The summed E-state index contributed by atoms with van der Waals surface area (Å²) < 4.78 is 5.14. The Hall–Kier alpha value is -1.84. The Morgan fingerprint density at radius 3 is 2.61 bits per heavy atom. The van der Waals surface area contributed by atoms with Gasteiger partial charge in [-0.05, 0) is 30.9 Å². The lowest BCUT2D eigenvalue weighted by Crippen LogP contribution is -2.38. The van der Waals surface area contributed by atoms with E-state index in [1.807, 2.05) is 6.92 Å². The summed E-state index contributed by atoms with van der Waals surface area (Å²) >= 11 is 0. The zero-order valence-corrected chi connectivity index (χ0v) is 14.4. The van der Waals surface area contributed by atoms with E-state index in [0.29, 0.717) is 17.2 Å². The molecule has 0 N–H and O–H groups in total. The second-order valence-electron chi connectivity index (χ2n) is 6.54. The Morgan fingerprint density at radius 1 is 1.26 bits per heavy atom. The summed E-state index contributed by atoms with van der Waals surface area (Å²) in [5.41, 5.74) is 0.578. The quantitative estimate of drug-likeness (QED) is 0.754. The van der Waals surface area contributed by atoms with Crippen molar-refractivity contribution in [2.24, 2.45) is 11.8 Å². The van der Waals surface area contributed by atoms with Crippen LogP contribution in [0.2, 0.25) is 0 Å². The monoisotopic (exact) mass is 317 g/mol. The molecule has 0 saturated heterocycles. The summed E-state index contributed by atoms with van der Waals surface area (Å²) in [6.45, 7) is 2.12. The molecule has 4 nitrogen and oxygen atoms in total. The third kappa shape index (κ3) is 4.57. The average Bonchev–Trinajstić information content (AvgIpc) is 2.61. The second-order valence-corrected chi connectivity index (χ2v) is 6.54. The van der Waals surface area contributed by atoms with E-state index in [1.165, 1.54) is 19.3 Å². The molecule has 1 saturated carbocycles. The van der Waals surface area contributed by atoms with Crippen molar-refractivity contribution < 1.29 is 14.3 Å². The van der Waals surface area contributed by atoms with Crippen LogP contribution >= 0.6 is 0 Å². The Kier molecular flexibility index (Phi) is 6.20. The standard InChI is InChI=1S/C19H27NO3/c1-14(15-8-5-4-6-9-15)19(22)20(2)13-18(21)16-10-7-11-17(12-16)23-3/h7,10-12,14-15H,4-6,8-9,13H2,1-3H3. The number of carbonyl (C=O) groups is 2. The number of hydrogen-bond acceptors (Lipinski definition) is 3. The molecule has 1 aromatic carbocycles. The normalized spacial score (nSPS) is 16.7. The van der Waals surface area contributed by atoms with E-state index in [0.717, 1.165) is 12.8 Å². The SMILES string of the molecule is COc1cccc(C(=O)CN(C)C(=O)C(C)C2CCCCC2)c1. The molecule has 2 rings (SSSR count). The van der Waals surface area contributed by atoms with Gasteiger partial charge < -0.3 is 9.64 Å². The fourth-order valence-corrected chi connectivity index (χ4v) is 3.36. The topological polar surface area (TPSA) is 46.6 Å². The summed E-state index contributed by atoms with van der Waals surface area (Å²) in [4.78, 5) is 26.5. The molecule has 0 aromatic heterocycles. The zero-order valence-electron chi connectivity index (χ0n) is 14.4. The Labute approximate surface area is 138 Å². The van der Waals surface area contributed by atoms with Crippen molar-refractivity contribution in [3.05, 3.63) is 29.8 Å². The molecular formula is C19H27NO3. The van der Waals surface area contributed by atoms with Crippen LogP contribution in [-0.2, 0) is 4.79 Å². The van der Waals surface area contributed by atoms with Crippen LogP contribution in [0, 0.1) is 11.8 Å². The van der Waals surface area contributed by atoms with Crippen LogP contribution in [0.3, 0.4) is 0 Å². The molecule has 126 valence electrons. The van der Waals surface area contributed by atoms with Crippen LogP contribution in [0.4, 0.5) is 0 Å². The first-order chi connectivity index (χ1) is 11.0. The van der Waals surface area contributed by atoms with Crippen molar-refractivity contribution in [3.63, 3.8) is 0 Å². The highest BCUT2D eigenvalue weighted by molar-refractivity contribution is 5.99. The van der Waals surface area contributed by atoms with Crippen LogP contribution in [0.5, 0.6) is 5.75 Å². The molecule has 1 amide bonds. The molecule has 23 heavy (non-hydrogen) atoms. The number of nitrogens with zero attached hydrogens (tertiary/aromatic N) is 1. The van der Waals surface area contributed by atoms with Crippen molar-refractivity contribution in [3.8, 4) is 5.75 Å². The van der Waals surface area contributed by atoms with E-state index in [1.54, 1.807) is 43.3 Å². The van der Waals surface area contributed by atoms with E-state index < -0.39 is 0 Å². The summed E-state index contributed by atoms with van der Waals surface area (Å²) in [6.07, 6.45) is 5.97. The number of likely N-dealkylation sites (N-methyl/N-ethyl adjacent to an activating group) is 1. The largest absolute Gasteiger partial charge is 0.497 e. The summed E-state index contributed by atoms with van der Waals surface area (Å²) in [7, 11) is 3.30. The number of ether oxygens (including phenoxy) is 1. The van der Waals surface area contributed by atoms with Crippen LogP contribution in [0.15, 0.2) is 24.3 Å². The maximum Gasteiger partial charge on any atom is 0.225 e. The first-order valence-electron chi connectivity index (χ1n) is 8.45. The van der Waals surface area contributed by atoms with Gasteiger partial charge in [0.05, 0.1) is 13.7 Å². The predicted molar refractivity (Wildman–Crippen MR) is 90.7 cm³/mol. The van der Waals surface area contributed by atoms with Crippen LogP contribution in [0.25, 0.3) is 0 Å². The van der Waals surface area contributed by atoms with Gasteiger partial charge in [0, 0.05) is 18.5 Å². The average molecular weight is 317 g/mol. The highest BCUT2D eigenvalue weighted by Crippen LogP contribution is 2.30. The van der Waals surface area contributed by atoms with Gasteiger partial charge in [0.15, 0.2) is 5.78 Å². The van der Waals surface area contributed by atoms with Crippen LogP contribution < -0.4 is 4.74 Å². The van der Waals surface area contributed by atoms with Gasteiger partial charge in [-0.2, -0.15) is 0 Å². The lowest BCUT2D eigenvalue weighted by atomic mass is 9.80. The third-order valence-corrected chi connectivity index (χ3v) is 4.90. The van der Waals surface area contributed by atoms with Crippen LogP contribution in [0.1, 0.15) is 49.4 Å². The van der Waals surface area contributed by atoms with Crippen molar-refractivity contribution in [2.75, 3.05) is 20.7 Å². The molecule has 0 radical (unpaired) electrons. The molecule has 1 aromatic rings. The number of methoxy groups -OCH3 is 1. The van der Waals surface area contributed by atoms with Crippen molar-refractivity contribution in [2.45, 2.75) is 39.0 Å². The van der Waals surface area contributed by atoms with E-state index in [9.17, 15) is 9.59 Å². The number of benzene rings is 1. The van der Waals surface area contributed by atoms with E-state index >= 15 is 0 Å². The number of carbonyl (C=O) groups excluding carboxylic acids is 2. The maximum atomic E-state index is 12.6. The van der Waals surface area contributed by atoms with Gasteiger partial charge in [-0.15, -0.1) is 0 Å². The smallest absolute Gasteiger partial charge is 0.225 e. The van der Waals surface area contributed by atoms with Crippen molar-refractivity contribution >= 4 is 11.7 Å². The number of ketones is 1. The minimum Gasteiger partial charge on any atom is -0.497 e. The maximum absolute atomic E-state index is 12.6. The highest BCUT2D eigenvalue weighted by Gasteiger charge is 2.28. The lowest BCUT2D eigenvalue weighted by Gasteiger charge is -2.29. The highest BCUT2D eigenvalue weighted by atomic mass is 16.5. The predicted octanol–water partition coefficient (Wildman–Crippen LogP) is 3.55. The molecule has 0 aliphatic heterocycles. The number of rotatable bonds is 6. The first kappa shape index (κ1) is 17.5. The first-order valence-corrected chi connectivity index (χ1v) is 8.45. The molecular weight excluding hydrogens is 290 g/mol. The number of amides is 1. The minimum absolute atomic E-state index is 0.00147. The van der Waals surface area contributed by atoms with Gasteiger partial charge in [-0.25, -0.2) is 0 Å². The van der Waals surface area contributed by atoms with E-state index in [-0.39, 0.29) is 24.2 Å². The van der Waals surface area contributed by atoms with Gasteiger partial charge in [0.25, 0.3) is 0 Å². The fraction of sp³-hybridized carbons (Fsp3) is 0.579. The molecule has 0 bridgehead atoms. The Bertz CT molecular complexity index is 549. The number of hydrogen-bond donors (Lipinski definition) is 0. The summed E-state index contributed by atoms with van der Waals surface area (Å²) in [5.74, 6) is 1.13. The van der Waals surface area contributed by atoms with E-state index in [2.05, 4.69) is 0 Å². The molecule has 1 aliphatic carbocycles. The Morgan fingerprint density at radius 2 is 1.96 bits per heavy atom. The van der Waals surface area contributed by atoms with Crippen LogP contribution in [-0.4, -0.2) is 37.3 Å². The van der Waals surface area contributed by atoms with E-state index in [4.69, 9.17) is 4.74 Å². The molecule has 1 unspecified atom stereocenters. The molecule has 0 heterocycles. The molecule has 0 spiro atoms.